The average Bonchev–Trinajstić information content (AvgIpc) is 3.09. The van der Waals surface area contributed by atoms with Crippen molar-refractivity contribution in [2.75, 3.05) is 13.7 Å². The zero-order chi connectivity index (χ0) is 13.9. The normalized spacial score (nSPS) is 19.4. The van der Waals surface area contributed by atoms with E-state index in [0.717, 1.165) is 30.3 Å². The van der Waals surface area contributed by atoms with Gasteiger partial charge in [0.15, 0.2) is 0 Å². The fourth-order valence-electron chi connectivity index (χ4n) is 2.92. The molecular formula is C16H20N2O2. The minimum Gasteiger partial charge on any atom is -0.497 e. The van der Waals surface area contributed by atoms with Gasteiger partial charge in [0.1, 0.15) is 11.5 Å². The molecule has 1 fully saturated rings. The Kier molecular flexibility index (Phi) is 3.74. The summed E-state index contributed by atoms with van der Waals surface area (Å²) >= 11 is 0. The number of aromatic nitrogens is 1. The first-order valence-corrected chi connectivity index (χ1v) is 7.06. The lowest BCUT2D eigenvalue weighted by molar-refractivity contribution is 0.240. The molecule has 1 aromatic heterocycles. The van der Waals surface area contributed by atoms with Crippen molar-refractivity contribution in [3.8, 4) is 5.75 Å². The first-order valence-electron chi connectivity index (χ1n) is 7.06. The number of ether oxygens (including phenoxy) is 1. The third-order valence-electron chi connectivity index (χ3n) is 3.91. The summed E-state index contributed by atoms with van der Waals surface area (Å²) in [7, 11) is 1.70. The molecule has 1 aromatic carbocycles. The van der Waals surface area contributed by atoms with Crippen LogP contribution < -0.4 is 4.74 Å². The minimum atomic E-state index is 0.470. The van der Waals surface area contributed by atoms with E-state index in [1.807, 2.05) is 25.1 Å². The Hall–Kier alpha value is -1.81. The zero-order valence-corrected chi connectivity index (χ0v) is 12.0. The third-order valence-corrected chi connectivity index (χ3v) is 3.91. The highest BCUT2D eigenvalue weighted by Crippen LogP contribution is 2.33. The lowest BCUT2D eigenvalue weighted by Crippen LogP contribution is -2.22. The van der Waals surface area contributed by atoms with Crippen molar-refractivity contribution in [3.63, 3.8) is 0 Å². The van der Waals surface area contributed by atoms with Crippen LogP contribution in [0.5, 0.6) is 5.75 Å². The number of hydrogen-bond acceptors (Lipinski definition) is 4. The van der Waals surface area contributed by atoms with Crippen molar-refractivity contribution in [2.24, 2.45) is 0 Å². The predicted octanol–water partition coefficient (Wildman–Crippen LogP) is 3.33. The van der Waals surface area contributed by atoms with Crippen molar-refractivity contribution in [2.45, 2.75) is 32.4 Å². The quantitative estimate of drug-likeness (QED) is 0.855. The molecule has 20 heavy (non-hydrogen) atoms. The van der Waals surface area contributed by atoms with Crippen molar-refractivity contribution >= 4 is 0 Å². The van der Waals surface area contributed by atoms with Gasteiger partial charge in [-0.2, -0.15) is 0 Å². The molecule has 0 aliphatic carbocycles. The van der Waals surface area contributed by atoms with Gasteiger partial charge >= 0.3 is 0 Å². The number of likely N-dealkylation sites (tertiary alicyclic amines) is 1. The topological polar surface area (TPSA) is 38.5 Å². The first-order chi connectivity index (χ1) is 9.76. The summed E-state index contributed by atoms with van der Waals surface area (Å²) in [5, 5.41) is 4.10. The summed E-state index contributed by atoms with van der Waals surface area (Å²) in [6.45, 7) is 3.90. The van der Waals surface area contributed by atoms with Crippen LogP contribution in [-0.4, -0.2) is 23.7 Å². The molecule has 0 radical (unpaired) electrons. The molecule has 0 spiro atoms. The van der Waals surface area contributed by atoms with Crippen LogP contribution in [0.4, 0.5) is 0 Å². The Labute approximate surface area is 119 Å². The molecule has 0 saturated carbocycles. The van der Waals surface area contributed by atoms with E-state index in [4.69, 9.17) is 9.26 Å². The summed E-state index contributed by atoms with van der Waals surface area (Å²) in [5.41, 5.74) is 2.37. The van der Waals surface area contributed by atoms with E-state index < -0.39 is 0 Å². The zero-order valence-electron chi connectivity index (χ0n) is 12.0. The second-order valence-corrected chi connectivity index (χ2v) is 5.33. The summed E-state index contributed by atoms with van der Waals surface area (Å²) in [6.07, 6.45) is 2.43. The maximum atomic E-state index is 5.22. The van der Waals surface area contributed by atoms with E-state index in [1.165, 1.54) is 18.4 Å². The Morgan fingerprint density at radius 2 is 2.15 bits per heavy atom. The van der Waals surface area contributed by atoms with Crippen LogP contribution in [0.3, 0.4) is 0 Å². The Balaban J connectivity index is 1.74. The molecule has 1 saturated heterocycles. The molecule has 3 rings (SSSR count). The van der Waals surface area contributed by atoms with Gasteiger partial charge in [0.05, 0.1) is 12.8 Å². The van der Waals surface area contributed by atoms with Gasteiger partial charge in [0.2, 0.25) is 0 Å². The smallest absolute Gasteiger partial charge is 0.133 e. The molecule has 1 aliphatic rings. The number of hydrogen-bond donors (Lipinski definition) is 0. The number of benzene rings is 1. The maximum Gasteiger partial charge on any atom is 0.133 e. The summed E-state index contributed by atoms with van der Waals surface area (Å²) in [4.78, 5) is 2.47. The maximum absolute atomic E-state index is 5.22. The van der Waals surface area contributed by atoms with E-state index >= 15 is 0 Å². The number of rotatable bonds is 4. The SMILES string of the molecule is COc1ccc(C2CCCN2Cc2cc(C)on2)cc1. The van der Waals surface area contributed by atoms with Crippen molar-refractivity contribution in [1.29, 1.82) is 0 Å². The van der Waals surface area contributed by atoms with Gasteiger partial charge in [-0.05, 0) is 44.0 Å². The molecule has 0 amide bonds. The summed E-state index contributed by atoms with van der Waals surface area (Å²) in [5.74, 6) is 1.78. The molecule has 4 heteroatoms. The standard InChI is InChI=1S/C16H20N2O2/c1-12-10-14(17-20-12)11-18-9-3-4-16(18)13-5-7-15(19-2)8-6-13/h5-8,10,16H,3-4,9,11H2,1-2H3. The number of aryl methyl sites for hydroxylation is 1. The predicted molar refractivity (Wildman–Crippen MR) is 76.6 cm³/mol. The monoisotopic (exact) mass is 272 g/mol. The van der Waals surface area contributed by atoms with Crippen LogP contribution in [0.2, 0.25) is 0 Å². The second kappa shape index (κ2) is 5.67. The molecule has 106 valence electrons. The highest BCUT2D eigenvalue weighted by atomic mass is 16.5. The van der Waals surface area contributed by atoms with E-state index in [0.29, 0.717) is 6.04 Å². The average molecular weight is 272 g/mol. The van der Waals surface area contributed by atoms with Crippen LogP contribution in [0, 0.1) is 6.92 Å². The molecule has 0 bridgehead atoms. The van der Waals surface area contributed by atoms with E-state index in [9.17, 15) is 0 Å². The van der Waals surface area contributed by atoms with Gasteiger partial charge in [-0.1, -0.05) is 17.3 Å². The molecule has 1 atom stereocenters. The van der Waals surface area contributed by atoms with Gasteiger partial charge in [-0.15, -0.1) is 0 Å². The molecule has 4 nitrogen and oxygen atoms in total. The minimum absolute atomic E-state index is 0.470. The van der Waals surface area contributed by atoms with Crippen molar-refractivity contribution in [1.82, 2.24) is 10.1 Å². The molecular weight excluding hydrogens is 252 g/mol. The largest absolute Gasteiger partial charge is 0.497 e. The Morgan fingerprint density at radius 3 is 2.80 bits per heavy atom. The van der Waals surface area contributed by atoms with Gasteiger partial charge in [0.25, 0.3) is 0 Å². The summed E-state index contributed by atoms with van der Waals surface area (Å²) < 4.78 is 10.4. The van der Waals surface area contributed by atoms with Crippen LogP contribution in [0.15, 0.2) is 34.9 Å². The van der Waals surface area contributed by atoms with E-state index in [1.54, 1.807) is 7.11 Å². The Bertz CT molecular complexity index is 562. The highest BCUT2D eigenvalue weighted by molar-refractivity contribution is 5.29. The van der Waals surface area contributed by atoms with Gasteiger partial charge < -0.3 is 9.26 Å². The van der Waals surface area contributed by atoms with Crippen molar-refractivity contribution < 1.29 is 9.26 Å². The molecule has 0 N–H and O–H groups in total. The van der Waals surface area contributed by atoms with E-state index in [2.05, 4.69) is 22.2 Å². The third kappa shape index (κ3) is 2.70. The van der Waals surface area contributed by atoms with Crippen LogP contribution in [0.25, 0.3) is 0 Å². The Morgan fingerprint density at radius 1 is 1.35 bits per heavy atom. The molecule has 1 aliphatic heterocycles. The summed E-state index contributed by atoms with van der Waals surface area (Å²) in [6, 6.07) is 10.9. The van der Waals surface area contributed by atoms with Crippen LogP contribution >= 0.6 is 0 Å². The lowest BCUT2D eigenvalue weighted by Gasteiger charge is -2.23. The number of methoxy groups -OCH3 is 1. The van der Waals surface area contributed by atoms with Crippen LogP contribution in [0.1, 0.15) is 35.9 Å². The fraction of sp³-hybridized carbons (Fsp3) is 0.438. The second-order valence-electron chi connectivity index (χ2n) is 5.33. The van der Waals surface area contributed by atoms with E-state index in [-0.39, 0.29) is 0 Å². The fourth-order valence-corrected chi connectivity index (χ4v) is 2.92. The number of nitrogens with zero attached hydrogens (tertiary/aromatic N) is 2. The highest BCUT2D eigenvalue weighted by Gasteiger charge is 2.26. The first kappa shape index (κ1) is 13.2. The van der Waals surface area contributed by atoms with Crippen molar-refractivity contribution in [3.05, 3.63) is 47.3 Å². The molecule has 2 aromatic rings. The lowest BCUT2D eigenvalue weighted by atomic mass is 10.0. The van der Waals surface area contributed by atoms with Crippen LogP contribution in [-0.2, 0) is 6.54 Å². The van der Waals surface area contributed by atoms with Gasteiger partial charge in [0, 0.05) is 18.7 Å². The van der Waals surface area contributed by atoms with Gasteiger partial charge in [-0.3, -0.25) is 4.90 Å². The van der Waals surface area contributed by atoms with Gasteiger partial charge in [-0.25, -0.2) is 0 Å². The molecule has 2 heterocycles. The molecule has 1 unspecified atom stereocenters.